The van der Waals surface area contributed by atoms with Crippen LogP contribution in [-0.2, 0) is 6.42 Å². The summed E-state index contributed by atoms with van der Waals surface area (Å²) >= 11 is 6.14. The zero-order valence-electron chi connectivity index (χ0n) is 9.52. The third-order valence-corrected chi connectivity index (χ3v) is 4.46. The smallest absolute Gasteiger partial charge is 0.0445 e. The van der Waals surface area contributed by atoms with Gasteiger partial charge in [-0.25, -0.2) is 0 Å². The molecule has 0 aliphatic rings. The van der Waals surface area contributed by atoms with Gasteiger partial charge in [0.15, 0.2) is 0 Å². The van der Waals surface area contributed by atoms with Crippen molar-refractivity contribution in [3.05, 3.63) is 34.3 Å². The van der Waals surface area contributed by atoms with Gasteiger partial charge in [0.25, 0.3) is 0 Å². The molecule has 0 N–H and O–H groups in total. The fourth-order valence-electron chi connectivity index (χ4n) is 1.40. The van der Waals surface area contributed by atoms with Crippen molar-refractivity contribution in [2.24, 2.45) is 0 Å². The van der Waals surface area contributed by atoms with E-state index in [9.17, 15) is 0 Å². The predicted octanol–water partition coefficient (Wildman–Crippen LogP) is 4.53. The van der Waals surface area contributed by atoms with Crippen LogP contribution in [0.3, 0.4) is 0 Å². The molecule has 0 fully saturated rings. The summed E-state index contributed by atoms with van der Waals surface area (Å²) in [6.07, 6.45) is 1.14. The highest BCUT2D eigenvalue weighted by atomic mass is 35.5. The van der Waals surface area contributed by atoms with E-state index in [1.54, 1.807) is 0 Å². The van der Waals surface area contributed by atoms with Crippen LogP contribution in [0.1, 0.15) is 11.1 Å². The summed E-state index contributed by atoms with van der Waals surface area (Å²) in [5, 5.41) is 0.925. The van der Waals surface area contributed by atoms with E-state index < -0.39 is 8.07 Å². The van der Waals surface area contributed by atoms with E-state index in [-0.39, 0.29) is 0 Å². The van der Waals surface area contributed by atoms with Gasteiger partial charge in [-0.3, -0.25) is 0 Å². The normalized spacial score (nSPS) is 11.8. The van der Waals surface area contributed by atoms with Crippen molar-refractivity contribution in [1.82, 2.24) is 0 Å². The minimum absolute atomic E-state index is 0.925. The lowest BCUT2D eigenvalue weighted by atomic mass is 10.1. The van der Waals surface area contributed by atoms with Gasteiger partial charge in [-0.05, 0) is 25.0 Å². The number of aryl methyl sites for hydroxylation is 2. The van der Waals surface area contributed by atoms with E-state index >= 15 is 0 Å². The molecule has 0 atom stereocenters. The molecule has 0 unspecified atom stereocenters. The van der Waals surface area contributed by atoms with E-state index in [1.807, 2.05) is 6.07 Å². The Kier molecular flexibility index (Phi) is 3.79. The lowest BCUT2D eigenvalue weighted by Gasteiger charge is -2.16. The quantitative estimate of drug-likeness (QED) is 0.665. The van der Waals surface area contributed by atoms with Crippen LogP contribution in [0.2, 0.25) is 30.7 Å². The van der Waals surface area contributed by atoms with Crippen LogP contribution < -0.4 is 0 Å². The maximum absolute atomic E-state index is 6.14. The van der Waals surface area contributed by atoms with Crippen LogP contribution in [-0.4, -0.2) is 8.07 Å². The number of benzene rings is 1. The molecule has 1 rings (SSSR count). The van der Waals surface area contributed by atoms with E-state index in [4.69, 9.17) is 11.6 Å². The van der Waals surface area contributed by atoms with Crippen molar-refractivity contribution < 1.29 is 0 Å². The fourth-order valence-corrected chi connectivity index (χ4v) is 2.64. The van der Waals surface area contributed by atoms with Gasteiger partial charge in [0.05, 0.1) is 0 Å². The first-order chi connectivity index (χ1) is 6.38. The molecular weight excluding hydrogens is 208 g/mol. The van der Waals surface area contributed by atoms with Crippen molar-refractivity contribution in [2.75, 3.05) is 0 Å². The highest BCUT2D eigenvalue weighted by molar-refractivity contribution is 6.76. The van der Waals surface area contributed by atoms with Gasteiger partial charge >= 0.3 is 0 Å². The second-order valence-electron chi connectivity index (χ2n) is 5.16. The zero-order valence-corrected chi connectivity index (χ0v) is 11.3. The standard InChI is InChI=1S/C12H19ClSi/c1-10-5-6-12(13)11(9-10)7-8-14(2,3)4/h5-6,9H,7-8H2,1-4H3. The molecule has 0 bridgehead atoms. The fraction of sp³-hybridized carbons (Fsp3) is 0.500. The largest absolute Gasteiger partial charge is 0.0840 e. The molecule has 0 saturated heterocycles. The number of halogens is 1. The van der Waals surface area contributed by atoms with Crippen LogP contribution in [0.5, 0.6) is 0 Å². The third-order valence-electron chi connectivity index (χ3n) is 2.35. The SMILES string of the molecule is Cc1ccc(Cl)c(CC[Si](C)(C)C)c1. The van der Waals surface area contributed by atoms with Crippen LogP contribution in [0.15, 0.2) is 18.2 Å². The molecule has 0 amide bonds. The molecule has 0 aliphatic heterocycles. The number of hydrogen-bond acceptors (Lipinski definition) is 0. The zero-order chi connectivity index (χ0) is 10.8. The van der Waals surface area contributed by atoms with E-state index in [1.165, 1.54) is 17.2 Å². The second kappa shape index (κ2) is 4.50. The lowest BCUT2D eigenvalue weighted by molar-refractivity contribution is 1.09. The van der Waals surface area contributed by atoms with Gasteiger partial charge < -0.3 is 0 Å². The summed E-state index contributed by atoms with van der Waals surface area (Å²) < 4.78 is 0. The molecule has 0 aliphatic carbocycles. The Hall–Kier alpha value is -0.273. The van der Waals surface area contributed by atoms with Crippen LogP contribution in [0.4, 0.5) is 0 Å². The van der Waals surface area contributed by atoms with Gasteiger partial charge in [0, 0.05) is 13.1 Å². The molecule has 1 aromatic carbocycles. The summed E-state index contributed by atoms with van der Waals surface area (Å²) in [5.41, 5.74) is 2.62. The average Bonchev–Trinajstić information content (AvgIpc) is 2.05. The topological polar surface area (TPSA) is 0 Å². The van der Waals surface area contributed by atoms with Gasteiger partial charge in [0.1, 0.15) is 0 Å². The summed E-state index contributed by atoms with van der Waals surface area (Å²) in [5.74, 6) is 0. The Morgan fingerprint density at radius 3 is 2.43 bits per heavy atom. The highest BCUT2D eigenvalue weighted by Crippen LogP contribution is 2.21. The maximum Gasteiger partial charge on any atom is 0.0445 e. The molecule has 1 aromatic rings. The van der Waals surface area contributed by atoms with Crippen molar-refractivity contribution in [3.8, 4) is 0 Å². The monoisotopic (exact) mass is 226 g/mol. The first kappa shape index (κ1) is 11.8. The molecule has 0 heterocycles. The summed E-state index contributed by atoms with van der Waals surface area (Å²) in [6, 6.07) is 7.61. The van der Waals surface area contributed by atoms with Crippen molar-refractivity contribution >= 4 is 19.7 Å². The van der Waals surface area contributed by atoms with Crippen LogP contribution >= 0.6 is 11.6 Å². The summed E-state index contributed by atoms with van der Waals surface area (Å²) in [4.78, 5) is 0. The molecule has 2 heteroatoms. The van der Waals surface area contributed by atoms with E-state index in [2.05, 4.69) is 38.7 Å². The minimum Gasteiger partial charge on any atom is -0.0840 e. The summed E-state index contributed by atoms with van der Waals surface area (Å²) in [6.45, 7) is 9.32. The van der Waals surface area contributed by atoms with Crippen molar-refractivity contribution in [1.29, 1.82) is 0 Å². The molecule has 0 nitrogen and oxygen atoms in total. The number of rotatable bonds is 3. The van der Waals surface area contributed by atoms with Gasteiger partial charge in [-0.15, -0.1) is 0 Å². The summed E-state index contributed by atoms with van der Waals surface area (Å²) in [7, 11) is -0.939. The highest BCUT2D eigenvalue weighted by Gasteiger charge is 2.13. The van der Waals surface area contributed by atoms with Crippen LogP contribution in [0, 0.1) is 6.92 Å². The molecule has 0 radical (unpaired) electrons. The third kappa shape index (κ3) is 3.85. The molecular formula is C12H19ClSi. The Morgan fingerprint density at radius 1 is 1.21 bits per heavy atom. The Bertz CT molecular complexity index is 313. The number of hydrogen-bond donors (Lipinski definition) is 0. The first-order valence-electron chi connectivity index (χ1n) is 5.13. The second-order valence-corrected chi connectivity index (χ2v) is 11.2. The minimum atomic E-state index is -0.939. The lowest BCUT2D eigenvalue weighted by Crippen LogP contribution is -2.20. The Morgan fingerprint density at radius 2 is 1.86 bits per heavy atom. The Labute approximate surface area is 93.3 Å². The van der Waals surface area contributed by atoms with Crippen molar-refractivity contribution in [2.45, 2.75) is 39.0 Å². The molecule has 0 aromatic heterocycles. The molecule has 0 spiro atoms. The van der Waals surface area contributed by atoms with Crippen LogP contribution in [0.25, 0.3) is 0 Å². The van der Waals surface area contributed by atoms with Crippen molar-refractivity contribution in [3.63, 3.8) is 0 Å². The average molecular weight is 227 g/mol. The first-order valence-corrected chi connectivity index (χ1v) is 9.22. The molecule has 0 saturated carbocycles. The maximum atomic E-state index is 6.14. The van der Waals surface area contributed by atoms with Gasteiger partial charge in [-0.2, -0.15) is 0 Å². The molecule has 14 heavy (non-hydrogen) atoms. The molecule has 78 valence electrons. The Balaban J connectivity index is 2.72. The van der Waals surface area contributed by atoms with E-state index in [0.29, 0.717) is 0 Å². The van der Waals surface area contributed by atoms with E-state index in [0.717, 1.165) is 11.4 Å². The predicted molar refractivity (Wildman–Crippen MR) is 68.0 cm³/mol. The van der Waals surface area contributed by atoms with Gasteiger partial charge in [0.2, 0.25) is 0 Å². The van der Waals surface area contributed by atoms with Gasteiger partial charge in [-0.1, -0.05) is 55.0 Å².